The standard InChI is InChI=1S/C7H7NO2.ClH/c8-7(9)10-6-4-2-1-3-5-6;/h1-5H,(H2,8,9);1H. The van der Waals surface area contributed by atoms with E-state index in [1.807, 2.05) is 6.07 Å². The van der Waals surface area contributed by atoms with Crippen molar-refractivity contribution < 1.29 is 9.53 Å². The van der Waals surface area contributed by atoms with Crippen molar-refractivity contribution >= 4 is 18.5 Å². The minimum absolute atomic E-state index is 0. The Hall–Kier alpha value is -1.22. The predicted molar refractivity (Wildman–Crippen MR) is 43.9 cm³/mol. The molecule has 0 aliphatic rings. The molecule has 1 amide bonds. The molecule has 1 aromatic rings. The van der Waals surface area contributed by atoms with Gasteiger partial charge in [-0.3, -0.25) is 0 Å². The fourth-order valence-corrected chi connectivity index (χ4v) is 0.605. The number of carbonyl (C=O) groups is 1. The SMILES string of the molecule is Cl.NC(=O)Oc1ccccc1. The lowest BCUT2D eigenvalue weighted by atomic mass is 10.3. The molecule has 0 atom stereocenters. The molecule has 0 unspecified atom stereocenters. The fourth-order valence-electron chi connectivity index (χ4n) is 0.605. The number of carbonyl (C=O) groups excluding carboxylic acids is 1. The highest BCUT2D eigenvalue weighted by Gasteiger charge is 1.93. The molecule has 1 rings (SSSR count). The maximum atomic E-state index is 10.2. The van der Waals surface area contributed by atoms with Crippen molar-refractivity contribution in [1.82, 2.24) is 0 Å². The molecule has 0 aromatic heterocycles. The average molecular weight is 174 g/mol. The second-order valence-corrected chi connectivity index (χ2v) is 1.73. The van der Waals surface area contributed by atoms with Crippen LogP contribution in [-0.4, -0.2) is 6.09 Å². The average Bonchev–Trinajstić information content (AvgIpc) is 1.88. The molecule has 0 aliphatic heterocycles. The smallest absolute Gasteiger partial charge is 0.409 e. The van der Waals surface area contributed by atoms with E-state index in [9.17, 15) is 4.79 Å². The first-order valence-electron chi connectivity index (χ1n) is 2.81. The third-order valence-electron chi connectivity index (χ3n) is 0.962. The van der Waals surface area contributed by atoms with E-state index in [4.69, 9.17) is 5.73 Å². The van der Waals surface area contributed by atoms with Gasteiger partial charge in [-0.1, -0.05) is 18.2 Å². The Bertz CT molecular complexity index is 225. The summed E-state index contributed by atoms with van der Waals surface area (Å²) in [6.07, 6.45) is -0.786. The van der Waals surface area contributed by atoms with E-state index < -0.39 is 6.09 Å². The summed E-state index contributed by atoms with van der Waals surface area (Å²) in [4.78, 5) is 10.2. The third kappa shape index (κ3) is 3.47. The molecule has 4 heteroatoms. The quantitative estimate of drug-likeness (QED) is 0.701. The highest BCUT2D eigenvalue weighted by Crippen LogP contribution is 2.07. The molecular formula is C7H8ClNO2. The van der Waals surface area contributed by atoms with Crippen LogP contribution in [0.3, 0.4) is 0 Å². The molecule has 0 fully saturated rings. The lowest BCUT2D eigenvalue weighted by molar-refractivity contribution is 0.211. The number of primary amides is 1. The molecule has 3 nitrogen and oxygen atoms in total. The van der Waals surface area contributed by atoms with Crippen molar-refractivity contribution in [3.05, 3.63) is 30.3 Å². The highest BCUT2D eigenvalue weighted by molar-refractivity contribution is 5.85. The van der Waals surface area contributed by atoms with Crippen LogP contribution in [0.4, 0.5) is 4.79 Å². The molecule has 0 heterocycles. The molecule has 0 spiro atoms. The summed E-state index contributed by atoms with van der Waals surface area (Å²) in [7, 11) is 0. The van der Waals surface area contributed by atoms with Crippen molar-refractivity contribution in [3.63, 3.8) is 0 Å². The van der Waals surface area contributed by atoms with E-state index >= 15 is 0 Å². The number of hydrogen-bond acceptors (Lipinski definition) is 2. The maximum Gasteiger partial charge on any atom is 0.409 e. The molecule has 0 radical (unpaired) electrons. The van der Waals surface area contributed by atoms with Gasteiger partial charge in [-0.15, -0.1) is 12.4 Å². The van der Waals surface area contributed by atoms with Crippen molar-refractivity contribution in [3.8, 4) is 5.75 Å². The van der Waals surface area contributed by atoms with Crippen molar-refractivity contribution in [1.29, 1.82) is 0 Å². The summed E-state index contributed by atoms with van der Waals surface area (Å²) in [6, 6.07) is 8.67. The van der Waals surface area contributed by atoms with Gasteiger partial charge in [-0.2, -0.15) is 0 Å². The number of amides is 1. The van der Waals surface area contributed by atoms with Gasteiger partial charge in [0.05, 0.1) is 0 Å². The topological polar surface area (TPSA) is 52.3 Å². The van der Waals surface area contributed by atoms with Crippen LogP contribution in [-0.2, 0) is 0 Å². The fraction of sp³-hybridized carbons (Fsp3) is 0. The first-order valence-corrected chi connectivity index (χ1v) is 2.81. The Morgan fingerprint density at radius 1 is 1.27 bits per heavy atom. The third-order valence-corrected chi connectivity index (χ3v) is 0.962. The Kier molecular flexibility index (Phi) is 4.07. The summed E-state index contributed by atoms with van der Waals surface area (Å²) >= 11 is 0. The Morgan fingerprint density at radius 2 is 1.82 bits per heavy atom. The van der Waals surface area contributed by atoms with Crippen LogP contribution >= 0.6 is 12.4 Å². The van der Waals surface area contributed by atoms with E-state index in [0.717, 1.165) is 0 Å². The van der Waals surface area contributed by atoms with Crippen molar-refractivity contribution in [2.24, 2.45) is 5.73 Å². The minimum Gasteiger partial charge on any atom is -0.411 e. The van der Waals surface area contributed by atoms with Crippen LogP contribution < -0.4 is 10.5 Å². The van der Waals surface area contributed by atoms with E-state index in [1.54, 1.807) is 24.3 Å². The van der Waals surface area contributed by atoms with E-state index in [1.165, 1.54) is 0 Å². The first kappa shape index (κ1) is 9.78. The molecular weight excluding hydrogens is 166 g/mol. The summed E-state index contributed by atoms with van der Waals surface area (Å²) < 4.78 is 4.55. The van der Waals surface area contributed by atoms with Crippen LogP contribution in [0.25, 0.3) is 0 Å². The Labute approximate surface area is 70.6 Å². The van der Waals surface area contributed by atoms with Gasteiger partial charge >= 0.3 is 6.09 Å². The van der Waals surface area contributed by atoms with Crippen molar-refractivity contribution in [2.45, 2.75) is 0 Å². The number of rotatable bonds is 1. The van der Waals surface area contributed by atoms with Gasteiger partial charge in [-0.05, 0) is 12.1 Å². The van der Waals surface area contributed by atoms with Crippen LogP contribution in [0, 0.1) is 0 Å². The number of para-hydroxylation sites is 1. The molecule has 1 aromatic carbocycles. The predicted octanol–water partition coefficient (Wildman–Crippen LogP) is 1.57. The van der Waals surface area contributed by atoms with Gasteiger partial charge < -0.3 is 10.5 Å². The highest BCUT2D eigenvalue weighted by atomic mass is 35.5. The van der Waals surface area contributed by atoms with E-state index in [0.29, 0.717) is 5.75 Å². The van der Waals surface area contributed by atoms with Gasteiger partial charge in [-0.25, -0.2) is 4.79 Å². The largest absolute Gasteiger partial charge is 0.411 e. The minimum atomic E-state index is -0.786. The lowest BCUT2D eigenvalue weighted by Crippen LogP contribution is -2.15. The zero-order valence-corrected chi connectivity index (χ0v) is 6.51. The van der Waals surface area contributed by atoms with Crippen LogP contribution in [0.15, 0.2) is 30.3 Å². The molecule has 2 N–H and O–H groups in total. The number of hydrogen-bond donors (Lipinski definition) is 1. The second-order valence-electron chi connectivity index (χ2n) is 1.73. The molecule has 0 saturated heterocycles. The molecule has 0 aliphatic carbocycles. The number of halogens is 1. The van der Waals surface area contributed by atoms with Gasteiger partial charge in [0.15, 0.2) is 0 Å². The van der Waals surface area contributed by atoms with Crippen LogP contribution in [0.2, 0.25) is 0 Å². The van der Waals surface area contributed by atoms with Gasteiger partial charge in [0, 0.05) is 0 Å². The molecule has 60 valence electrons. The molecule has 11 heavy (non-hydrogen) atoms. The maximum absolute atomic E-state index is 10.2. The molecule has 0 saturated carbocycles. The lowest BCUT2D eigenvalue weighted by Gasteiger charge is -1.96. The zero-order chi connectivity index (χ0) is 7.40. The molecule has 0 bridgehead atoms. The Morgan fingerprint density at radius 3 is 2.27 bits per heavy atom. The summed E-state index contributed by atoms with van der Waals surface area (Å²) in [6.45, 7) is 0. The second kappa shape index (κ2) is 4.57. The van der Waals surface area contributed by atoms with Gasteiger partial charge in [0.1, 0.15) is 5.75 Å². The van der Waals surface area contributed by atoms with Gasteiger partial charge in [0.25, 0.3) is 0 Å². The summed E-state index contributed by atoms with van der Waals surface area (Å²) in [5, 5.41) is 0. The van der Waals surface area contributed by atoms with Crippen LogP contribution in [0.5, 0.6) is 5.75 Å². The number of nitrogens with two attached hydrogens (primary N) is 1. The van der Waals surface area contributed by atoms with Gasteiger partial charge in [0.2, 0.25) is 0 Å². The number of benzene rings is 1. The normalized spacial score (nSPS) is 8.00. The number of ether oxygens (including phenoxy) is 1. The first-order chi connectivity index (χ1) is 4.79. The Balaban J connectivity index is 0.000001000. The van der Waals surface area contributed by atoms with Crippen molar-refractivity contribution in [2.75, 3.05) is 0 Å². The van der Waals surface area contributed by atoms with E-state index in [2.05, 4.69) is 4.74 Å². The summed E-state index contributed by atoms with van der Waals surface area (Å²) in [5.41, 5.74) is 4.76. The zero-order valence-electron chi connectivity index (χ0n) is 5.69. The summed E-state index contributed by atoms with van der Waals surface area (Å²) in [5.74, 6) is 0.468. The van der Waals surface area contributed by atoms with Crippen LogP contribution in [0.1, 0.15) is 0 Å². The monoisotopic (exact) mass is 173 g/mol. The van der Waals surface area contributed by atoms with E-state index in [-0.39, 0.29) is 12.4 Å².